The van der Waals surface area contributed by atoms with Crippen LogP contribution in [0.25, 0.3) is 0 Å². The van der Waals surface area contributed by atoms with Crippen LogP contribution in [-0.4, -0.2) is 44.7 Å². The Morgan fingerprint density at radius 1 is 1.24 bits per heavy atom. The van der Waals surface area contributed by atoms with E-state index in [-0.39, 0.29) is 5.91 Å². The number of aryl methyl sites for hydroxylation is 1. The van der Waals surface area contributed by atoms with Gasteiger partial charge in [0.2, 0.25) is 0 Å². The first-order valence-corrected chi connectivity index (χ1v) is 10.0. The lowest BCUT2D eigenvalue weighted by Gasteiger charge is -2.34. The summed E-state index contributed by atoms with van der Waals surface area (Å²) in [6.45, 7) is 9.00. The van der Waals surface area contributed by atoms with Crippen LogP contribution in [-0.2, 0) is 4.79 Å². The van der Waals surface area contributed by atoms with Crippen molar-refractivity contribution in [3.8, 4) is 0 Å². The van der Waals surface area contributed by atoms with Crippen molar-refractivity contribution in [3.63, 3.8) is 0 Å². The van der Waals surface area contributed by atoms with Gasteiger partial charge in [-0.2, -0.15) is 0 Å². The van der Waals surface area contributed by atoms with Crippen molar-refractivity contribution in [1.29, 1.82) is 0 Å². The Kier molecular flexibility index (Phi) is 6.24. The minimum atomic E-state index is 0.224. The zero-order chi connectivity index (χ0) is 17.8. The summed E-state index contributed by atoms with van der Waals surface area (Å²) in [5.41, 5.74) is 2.49. The molecule has 2 N–H and O–H groups in total. The molecular formula is C20H31ClN3O+. The van der Waals surface area contributed by atoms with Crippen LogP contribution in [0, 0.1) is 12.8 Å². The van der Waals surface area contributed by atoms with Gasteiger partial charge >= 0.3 is 0 Å². The van der Waals surface area contributed by atoms with Crippen LogP contribution in [0.3, 0.4) is 0 Å². The van der Waals surface area contributed by atoms with Crippen molar-refractivity contribution < 1.29 is 9.69 Å². The van der Waals surface area contributed by atoms with E-state index in [1.54, 1.807) is 0 Å². The van der Waals surface area contributed by atoms with E-state index in [1.165, 1.54) is 29.0 Å². The smallest absolute Gasteiger partial charge is 0.275 e. The largest absolute Gasteiger partial charge is 0.360 e. The molecule has 1 aliphatic heterocycles. The molecule has 4 nitrogen and oxygen atoms in total. The average Bonchev–Trinajstić information content (AvgIpc) is 2.60. The van der Waals surface area contributed by atoms with Crippen LogP contribution in [0.5, 0.6) is 0 Å². The minimum Gasteiger partial charge on any atom is -0.360 e. The Bertz CT molecular complexity index is 591. The highest BCUT2D eigenvalue weighted by atomic mass is 35.5. The number of carbonyl (C=O) groups is 1. The standard InChI is InChI=1S/C20H30ClN3O/c1-15-3-7-18(8-4-15)22-20(25)14-23-9-11-24(12-10-23)19-13-17(21)6-5-16(19)2/h5-6,13,15,18H,3-4,7-12,14H2,1-2H3,(H,22,25)/p+1. The van der Waals surface area contributed by atoms with Crippen LogP contribution in [0.1, 0.15) is 38.2 Å². The normalized spacial score (nSPS) is 25.0. The van der Waals surface area contributed by atoms with Crippen molar-refractivity contribution in [3.05, 3.63) is 28.8 Å². The lowest BCUT2D eigenvalue weighted by Crippen LogP contribution is -3.16. The summed E-state index contributed by atoms with van der Waals surface area (Å²) >= 11 is 6.15. The number of quaternary nitrogens is 1. The molecular weight excluding hydrogens is 334 g/mol. The van der Waals surface area contributed by atoms with Crippen molar-refractivity contribution >= 4 is 23.2 Å². The number of nitrogens with one attached hydrogen (secondary N) is 2. The van der Waals surface area contributed by atoms with Gasteiger partial charge in [-0.1, -0.05) is 24.6 Å². The maximum absolute atomic E-state index is 12.3. The second-order valence-electron chi connectivity index (χ2n) is 7.87. The molecule has 1 amide bonds. The predicted molar refractivity (Wildman–Crippen MR) is 104 cm³/mol. The summed E-state index contributed by atoms with van der Waals surface area (Å²) < 4.78 is 0. The van der Waals surface area contributed by atoms with Gasteiger partial charge in [-0.25, -0.2) is 0 Å². The quantitative estimate of drug-likeness (QED) is 0.858. The zero-order valence-electron chi connectivity index (χ0n) is 15.5. The van der Waals surface area contributed by atoms with Crippen molar-refractivity contribution in [2.75, 3.05) is 37.6 Å². The van der Waals surface area contributed by atoms with Crippen LogP contribution in [0.4, 0.5) is 5.69 Å². The first-order chi connectivity index (χ1) is 12.0. The summed E-state index contributed by atoms with van der Waals surface area (Å²) in [5.74, 6) is 1.05. The molecule has 138 valence electrons. The van der Waals surface area contributed by atoms with E-state index in [4.69, 9.17) is 11.6 Å². The maximum atomic E-state index is 12.3. The van der Waals surface area contributed by atoms with Gasteiger partial charge in [0.25, 0.3) is 5.91 Å². The van der Waals surface area contributed by atoms with E-state index < -0.39 is 0 Å². The minimum absolute atomic E-state index is 0.224. The highest BCUT2D eigenvalue weighted by Gasteiger charge is 2.25. The van der Waals surface area contributed by atoms with Crippen LogP contribution in [0.15, 0.2) is 18.2 Å². The molecule has 5 heteroatoms. The molecule has 1 aromatic carbocycles. The summed E-state index contributed by atoms with van der Waals surface area (Å²) in [4.78, 5) is 16.1. The van der Waals surface area contributed by atoms with Gasteiger partial charge in [0.15, 0.2) is 6.54 Å². The number of benzene rings is 1. The van der Waals surface area contributed by atoms with Gasteiger partial charge < -0.3 is 15.1 Å². The molecule has 0 aromatic heterocycles. The monoisotopic (exact) mass is 364 g/mol. The van der Waals surface area contributed by atoms with Gasteiger partial charge in [-0.15, -0.1) is 0 Å². The summed E-state index contributed by atoms with van der Waals surface area (Å²) in [7, 11) is 0. The molecule has 2 fully saturated rings. The van der Waals surface area contributed by atoms with E-state index in [1.807, 2.05) is 6.07 Å². The topological polar surface area (TPSA) is 36.8 Å². The Morgan fingerprint density at radius 3 is 2.60 bits per heavy atom. The zero-order valence-corrected chi connectivity index (χ0v) is 16.2. The lowest BCUT2D eigenvalue weighted by atomic mass is 9.87. The molecule has 0 bridgehead atoms. The number of carbonyl (C=O) groups excluding carboxylic acids is 1. The Labute approximate surface area is 156 Å². The third-order valence-corrected chi connectivity index (χ3v) is 6.01. The molecule has 1 saturated heterocycles. The molecule has 2 aliphatic rings. The number of anilines is 1. The summed E-state index contributed by atoms with van der Waals surface area (Å²) in [6, 6.07) is 6.48. The number of amides is 1. The van der Waals surface area contributed by atoms with Gasteiger partial charge in [-0.3, -0.25) is 4.79 Å². The fraction of sp³-hybridized carbons (Fsp3) is 0.650. The molecule has 1 aliphatic carbocycles. The number of nitrogens with zero attached hydrogens (tertiary/aromatic N) is 1. The molecule has 3 rings (SSSR count). The third-order valence-electron chi connectivity index (χ3n) is 5.77. The molecule has 0 atom stereocenters. The SMILES string of the molecule is Cc1ccc(Cl)cc1N1CC[NH+](CC(=O)NC2CCC(C)CC2)CC1. The van der Waals surface area contributed by atoms with Crippen LogP contribution < -0.4 is 15.1 Å². The third kappa shape index (κ3) is 5.11. The molecule has 0 unspecified atom stereocenters. The predicted octanol–water partition coefficient (Wildman–Crippen LogP) is 2.05. The number of hydrogen-bond acceptors (Lipinski definition) is 2. The summed E-state index contributed by atoms with van der Waals surface area (Å²) in [6.07, 6.45) is 4.78. The van der Waals surface area contributed by atoms with Crippen LogP contribution >= 0.6 is 11.6 Å². The lowest BCUT2D eigenvalue weighted by molar-refractivity contribution is -0.892. The molecule has 0 radical (unpaired) electrons. The number of halogens is 1. The second kappa shape index (κ2) is 8.41. The first-order valence-electron chi connectivity index (χ1n) is 9.65. The number of piperazine rings is 1. The van der Waals surface area contributed by atoms with Crippen LogP contribution in [0.2, 0.25) is 5.02 Å². The van der Waals surface area contributed by atoms with E-state index >= 15 is 0 Å². The Hall–Kier alpha value is -1.26. The van der Waals surface area contributed by atoms with E-state index in [0.717, 1.165) is 50.0 Å². The Morgan fingerprint density at radius 2 is 1.92 bits per heavy atom. The summed E-state index contributed by atoms with van der Waals surface area (Å²) in [5, 5.41) is 4.04. The van der Waals surface area contributed by atoms with Gasteiger partial charge in [0, 0.05) is 16.8 Å². The van der Waals surface area contributed by atoms with Crippen molar-refractivity contribution in [2.24, 2.45) is 5.92 Å². The average molecular weight is 365 g/mol. The first kappa shape index (κ1) is 18.5. The van der Waals surface area contributed by atoms with E-state index in [2.05, 4.69) is 36.2 Å². The molecule has 0 spiro atoms. The molecule has 1 saturated carbocycles. The molecule has 25 heavy (non-hydrogen) atoms. The van der Waals surface area contributed by atoms with Crippen molar-refractivity contribution in [1.82, 2.24) is 5.32 Å². The fourth-order valence-corrected chi connectivity index (χ4v) is 4.24. The van der Waals surface area contributed by atoms with Crippen molar-refractivity contribution in [2.45, 2.75) is 45.6 Å². The van der Waals surface area contributed by atoms with Gasteiger partial charge in [0.05, 0.1) is 26.2 Å². The van der Waals surface area contributed by atoms with E-state index in [0.29, 0.717) is 12.6 Å². The maximum Gasteiger partial charge on any atom is 0.275 e. The van der Waals surface area contributed by atoms with E-state index in [9.17, 15) is 4.79 Å². The fourth-order valence-electron chi connectivity index (χ4n) is 4.07. The van der Waals surface area contributed by atoms with Gasteiger partial charge in [-0.05, 0) is 56.2 Å². The molecule has 1 heterocycles. The molecule has 1 aromatic rings. The Balaban J connectivity index is 1.44. The highest BCUT2D eigenvalue weighted by Crippen LogP contribution is 2.24. The highest BCUT2D eigenvalue weighted by molar-refractivity contribution is 6.30. The number of rotatable bonds is 4. The number of hydrogen-bond donors (Lipinski definition) is 2. The van der Waals surface area contributed by atoms with Gasteiger partial charge in [0.1, 0.15) is 0 Å². The second-order valence-corrected chi connectivity index (χ2v) is 8.31.